The minimum atomic E-state index is -0.954. The van der Waals surface area contributed by atoms with Gasteiger partial charge in [-0.2, -0.15) is 0 Å². The quantitative estimate of drug-likeness (QED) is 0.421. The first-order chi connectivity index (χ1) is 2.81. The summed E-state index contributed by atoms with van der Waals surface area (Å²) >= 11 is 0. The summed E-state index contributed by atoms with van der Waals surface area (Å²) < 4.78 is 0. The number of aliphatic hydroxyl groups is 3. The first-order valence-electron chi connectivity index (χ1n) is 1.71. The third-order valence-corrected chi connectivity index (χ3v) is 0.421. The van der Waals surface area contributed by atoms with Gasteiger partial charge in [0.1, 0.15) is 6.10 Å². The van der Waals surface area contributed by atoms with Gasteiger partial charge in [-0.25, -0.2) is 0 Å². The van der Waals surface area contributed by atoms with Gasteiger partial charge in [-0.1, -0.05) is 0 Å². The van der Waals surface area contributed by atoms with Crippen molar-refractivity contribution in [2.45, 2.75) is 6.10 Å². The summed E-state index contributed by atoms with van der Waals surface area (Å²) in [6.07, 6.45) is -0.954. The molecule has 0 atom stereocenters. The van der Waals surface area contributed by atoms with Crippen molar-refractivity contribution < 1.29 is 37.9 Å². The molecule has 0 spiro atoms. The molecule has 0 aromatic carbocycles. The van der Waals surface area contributed by atoms with Crippen LogP contribution in [0.15, 0.2) is 0 Å². The molecule has 0 unspecified atom stereocenters. The summed E-state index contributed by atoms with van der Waals surface area (Å²) in [5.41, 5.74) is 0. The molecule has 0 heterocycles. The van der Waals surface area contributed by atoms with E-state index in [-0.39, 0.29) is 35.8 Å². The minimum absolute atomic E-state index is 0. The Bertz CT molecular complexity index is 30.5. The fraction of sp³-hybridized carbons (Fsp3) is 1.00. The van der Waals surface area contributed by atoms with Gasteiger partial charge in [0.15, 0.2) is 0 Å². The second-order valence-electron chi connectivity index (χ2n) is 1.02. The number of aliphatic hydroxyl groups excluding tert-OH is 3. The van der Waals surface area contributed by atoms with Crippen LogP contribution in [-0.2, 0) is 22.5 Å². The molecule has 0 fully saturated rings. The van der Waals surface area contributed by atoms with Crippen molar-refractivity contribution in [1.82, 2.24) is 0 Å². The molecule has 52 valence electrons. The zero-order chi connectivity index (χ0) is 4.99. The van der Waals surface area contributed by atoms with E-state index in [1.807, 2.05) is 0 Å². The maximum atomic E-state index is 8.17. The topological polar surface area (TPSA) is 89.2 Å². The summed E-state index contributed by atoms with van der Waals surface area (Å²) in [7, 11) is 0. The molecule has 8 heavy (non-hydrogen) atoms. The van der Waals surface area contributed by atoms with Crippen LogP contribution in [0.25, 0.3) is 0 Å². The van der Waals surface area contributed by atoms with Gasteiger partial charge in [-0.15, -0.1) is 0 Å². The molecule has 0 rings (SSSR count). The summed E-state index contributed by atoms with van der Waals surface area (Å²) in [6.45, 7) is -0.729. The van der Waals surface area contributed by atoms with Crippen LogP contribution in [0, 0.1) is 0 Å². The van der Waals surface area contributed by atoms with Crippen molar-refractivity contribution >= 4 is 0 Å². The van der Waals surface area contributed by atoms with Crippen molar-refractivity contribution in [3.05, 3.63) is 0 Å². The summed E-state index contributed by atoms with van der Waals surface area (Å²) in [6, 6.07) is 0. The van der Waals surface area contributed by atoms with Gasteiger partial charge in [0, 0.05) is 0 Å². The predicted octanol–water partition coefficient (Wildman–Crippen LogP) is -1.79. The number of hydrogen-bond acceptors (Lipinski definition) is 3. The third-order valence-electron chi connectivity index (χ3n) is 0.421. The van der Waals surface area contributed by atoms with E-state index in [9.17, 15) is 0 Å². The molecule has 0 saturated heterocycles. The molecule has 5 heteroatoms. The summed E-state index contributed by atoms with van der Waals surface area (Å²) in [5.74, 6) is 0. The average Bonchev–Trinajstić information content (AvgIpc) is 1.65. The molecule has 4 nitrogen and oxygen atoms in total. The number of rotatable bonds is 2. The van der Waals surface area contributed by atoms with Crippen LogP contribution >= 0.6 is 0 Å². The molecule has 0 aliphatic rings. The monoisotopic (exact) mass is 164 g/mol. The fourth-order valence-electron chi connectivity index (χ4n) is 0.0577. The molecule has 0 aliphatic heterocycles. The second-order valence-corrected chi connectivity index (χ2v) is 1.02. The Balaban J connectivity index is -0.000000125. The van der Waals surface area contributed by atoms with Gasteiger partial charge in [-0.05, 0) is 0 Å². The smallest absolute Gasteiger partial charge is 2.00 e. The fourth-order valence-corrected chi connectivity index (χ4v) is 0.0577. The van der Waals surface area contributed by atoms with Crippen molar-refractivity contribution in [3.8, 4) is 0 Å². The van der Waals surface area contributed by atoms with Crippen LogP contribution in [0.3, 0.4) is 0 Å². The molecule has 0 aromatic rings. The van der Waals surface area contributed by atoms with Gasteiger partial charge in [0.05, 0.1) is 13.2 Å². The third kappa shape index (κ3) is 9.61. The molecule has 0 aromatic heterocycles. The minimum Gasteiger partial charge on any atom is -2.00 e. The largest absolute Gasteiger partial charge is 2.00 e. The van der Waals surface area contributed by atoms with E-state index in [0.717, 1.165) is 0 Å². The van der Waals surface area contributed by atoms with Crippen molar-refractivity contribution in [2.75, 3.05) is 13.2 Å². The van der Waals surface area contributed by atoms with E-state index < -0.39 is 6.10 Å². The first-order valence-corrected chi connectivity index (χ1v) is 1.71. The Morgan fingerprint density at radius 1 is 1.12 bits per heavy atom. The molecule has 0 saturated carbocycles. The normalized spacial score (nSPS) is 7.50. The van der Waals surface area contributed by atoms with Crippen LogP contribution in [-0.4, -0.2) is 34.6 Å². The molecule has 0 radical (unpaired) electrons. The molecule has 0 aliphatic carbocycles. The maximum Gasteiger partial charge on any atom is 2.00 e. The molecule has 0 amide bonds. The zero-order valence-electron chi connectivity index (χ0n) is 4.10. The van der Waals surface area contributed by atoms with Crippen LogP contribution in [0.5, 0.6) is 0 Å². The Kier molecular flexibility index (Phi) is 20.4. The molecular formula is C3H8FeO4. The SMILES string of the molecule is OCC(O)CO.[Fe+2].[O-2]. The first kappa shape index (κ1) is 15.8. The second kappa shape index (κ2) is 10.4. The maximum absolute atomic E-state index is 8.17. The summed E-state index contributed by atoms with van der Waals surface area (Å²) in [5, 5.41) is 24.0. The predicted molar refractivity (Wildman–Crippen MR) is 20.9 cm³/mol. The van der Waals surface area contributed by atoms with Crippen molar-refractivity contribution in [2.24, 2.45) is 0 Å². The van der Waals surface area contributed by atoms with E-state index in [1.165, 1.54) is 0 Å². The van der Waals surface area contributed by atoms with Gasteiger partial charge in [-0.3, -0.25) is 0 Å². The van der Waals surface area contributed by atoms with Crippen LogP contribution in [0.2, 0.25) is 0 Å². The number of hydrogen-bond donors (Lipinski definition) is 3. The van der Waals surface area contributed by atoms with Crippen LogP contribution in [0.1, 0.15) is 0 Å². The van der Waals surface area contributed by atoms with E-state index >= 15 is 0 Å². The standard InChI is InChI=1S/C3H8O3.Fe.O/c4-1-3(6)2-5;;/h3-6H,1-2H2;;/q;+2;-2. The Morgan fingerprint density at radius 3 is 1.38 bits per heavy atom. The van der Waals surface area contributed by atoms with E-state index in [4.69, 9.17) is 15.3 Å². The molecule has 3 N–H and O–H groups in total. The van der Waals surface area contributed by atoms with Crippen molar-refractivity contribution in [3.63, 3.8) is 0 Å². The Morgan fingerprint density at radius 2 is 1.38 bits per heavy atom. The average molecular weight is 164 g/mol. The Labute approximate surface area is 57.9 Å². The van der Waals surface area contributed by atoms with Gasteiger partial charge in [0.25, 0.3) is 0 Å². The Hall–Kier alpha value is 0.359. The summed E-state index contributed by atoms with van der Waals surface area (Å²) in [4.78, 5) is 0. The van der Waals surface area contributed by atoms with E-state index in [1.54, 1.807) is 0 Å². The van der Waals surface area contributed by atoms with Gasteiger partial charge >= 0.3 is 17.1 Å². The van der Waals surface area contributed by atoms with Crippen LogP contribution in [0.4, 0.5) is 0 Å². The van der Waals surface area contributed by atoms with Crippen LogP contribution < -0.4 is 0 Å². The van der Waals surface area contributed by atoms with Gasteiger partial charge < -0.3 is 20.8 Å². The van der Waals surface area contributed by atoms with E-state index in [2.05, 4.69) is 0 Å². The van der Waals surface area contributed by atoms with E-state index in [0.29, 0.717) is 0 Å². The van der Waals surface area contributed by atoms with Gasteiger partial charge in [0.2, 0.25) is 0 Å². The molecular weight excluding hydrogens is 156 g/mol. The zero-order valence-corrected chi connectivity index (χ0v) is 5.20. The van der Waals surface area contributed by atoms with Crippen molar-refractivity contribution in [1.29, 1.82) is 0 Å². The molecule has 0 bridgehead atoms.